The summed E-state index contributed by atoms with van der Waals surface area (Å²) in [6, 6.07) is 6.94. The van der Waals surface area contributed by atoms with Gasteiger partial charge in [-0.3, -0.25) is 0 Å². The van der Waals surface area contributed by atoms with Gasteiger partial charge in [-0.25, -0.2) is 9.97 Å². The number of carbonyl (C=O) groups is 1. The molecule has 1 aromatic carbocycles. The maximum absolute atomic E-state index is 11.3. The summed E-state index contributed by atoms with van der Waals surface area (Å²) in [6.07, 6.45) is 2.81. The number of aromatic nitrogens is 2. The number of nitrogens with zero attached hydrogens (tertiary/aromatic N) is 3. The minimum absolute atomic E-state index is 0.530. The van der Waals surface area contributed by atoms with Crippen molar-refractivity contribution in [2.45, 2.75) is 18.9 Å². The van der Waals surface area contributed by atoms with Gasteiger partial charge in [-0.15, -0.1) is 0 Å². The summed E-state index contributed by atoms with van der Waals surface area (Å²) in [6.45, 7) is 0.627. The van der Waals surface area contributed by atoms with Gasteiger partial charge in [0.2, 0.25) is 0 Å². The number of rotatable bonds is 2. The maximum Gasteiger partial charge on any atom is 0.196 e. The maximum atomic E-state index is 11.3. The number of carbonyl (C=O) groups excluding carboxylic acids is 1. The zero-order valence-electron chi connectivity index (χ0n) is 11.2. The number of hydrogen-bond acceptors (Lipinski definition) is 6. The van der Waals surface area contributed by atoms with E-state index in [-0.39, 0.29) is 0 Å². The molecule has 0 bridgehead atoms. The molecule has 1 atom stereocenters. The number of furan rings is 1. The summed E-state index contributed by atoms with van der Waals surface area (Å²) in [5, 5.41) is 12.2. The first-order valence-corrected chi connectivity index (χ1v) is 6.85. The lowest BCUT2D eigenvalue weighted by molar-refractivity contribution is -0.307. The fourth-order valence-electron chi connectivity index (χ4n) is 2.98. The van der Waals surface area contributed by atoms with E-state index in [0.717, 1.165) is 17.4 Å². The number of benzene rings is 1. The van der Waals surface area contributed by atoms with Crippen LogP contribution in [-0.2, 0) is 4.79 Å². The third-order valence-corrected chi connectivity index (χ3v) is 3.94. The van der Waals surface area contributed by atoms with E-state index in [1.807, 2.05) is 24.3 Å². The van der Waals surface area contributed by atoms with Crippen LogP contribution in [0.3, 0.4) is 0 Å². The minimum atomic E-state index is -1.07. The van der Waals surface area contributed by atoms with E-state index in [0.29, 0.717) is 29.9 Å². The van der Waals surface area contributed by atoms with Crippen molar-refractivity contribution in [2.24, 2.45) is 0 Å². The normalized spacial score (nSPS) is 18.7. The van der Waals surface area contributed by atoms with Gasteiger partial charge in [0.25, 0.3) is 0 Å². The Morgan fingerprint density at radius 2 is 2.19 bits per heavy atom. The molecule has 2 aromatic heterocycles. The molecule has 0 radical (unpaired) electrons. The van der Waals surface area contributed by atoms with Gasteiger partial charge in [0, 0.05) is 11.9 Å². The molecule has 1 aliphatic heterocycles. The second-order valence-corrected chi connectivity index (χ2v) is 5.14. The van der Waals surface area contributed by atoms with Gasteiger partial charge in [-0.05, 0) is 25.0 Å². The van der Waals surface area contributed by atoms with Crippen molar-refractivity contribution in [1.29, 1.82) is 0 Å². The molecule has 0 aliphatic carbocycles. The van der Waals surface area contributed by atoms with Crippen molar-refractivity contribution in [3.63, 3.8) is 0 Å². The lowest BCUT2D eigenvalue weighted by atomic mass is 10.2. The third-order valence-electron chi connectivity index (χ3n) is 3.94. The van der Waals surface area contributed by atoms with Crippen LogP contribution in [0, 0.1) is 0 Å². The van der Waals surface area contributed by atoms with Crippen LogP contribution >= 0.6 is 0 Å². The highest BCUT2D eigenvalue weighted by molar-refractivity contribution is 6.05. The highest BCUT2D eigenvalue weighted by atomic mass is 16.4. The van der Waals surface area contributed by atoms with Crippen molar-refractivity contribution in [1.82, 2.24) is 9.97 Å². The van der Waals surface area contributed by atoms with Crippen LogP contribution in [0.25, 0.3) is 22.1 Å². The average molecular weight is 282 g/mol. The summed E-state index contributed by atoms with van der Waals surface area (Å²) in [5.74, 6) is -0.543. The molecular weight excluding hydrogens is 270 g/mol. The van der Waals surface area contributed by atoms with Crippen LogP contribution in [0.2, 0.25) is 0 Å². The number of carboxylic acid groups (broad SMARTS) is 1. The van der Waals surface area contributed by atoms with Crippen LogP contribution in [0.1, 0.15) is 12.8 Å². The summed E-state index contributed by atoms with van der Waals surface area (Å²) in [7, 11) is 0. The first-order valence-electron chi connectivity index (χ1n) is 6.85. The highest BCUT2D eigenvalue weighted by Crippen LogP contribution is 2.34. The van der Waals surface area contributed by atoms with Crippen molar-refractivity contribution >= 4 is 33.9 Å². The van der Waals surface area contributed by atoms with Crippen molar-refractivity contribution < 1.29 is 14.3 Å². The average Bonchev–Trinajstić information content (AvgIpc) is 3.11. The topological polar surface area (TPSA) is 82.3 Å². The smallest absolute Gasteiger partial charge is 0.196 e. The van der Waals surface area contributed by atoms with Gasteiger partial charge in [0.05, 0.1) is 12.0 Å². The number of aliphatic carboxylic acids is 1. The molecule has 0 spiro atoms. The summed E-state index contributed by atoms with van der Waals surface area (Å²) >= 11 is 0. The molecule has 1 aliphatic rings. The monoisotopic (exact) mass is 282 g/mol. The van der Waals surface area contributed by atoms with Crippen molar-refractivity contribution in [2.75, 3.05) is 11.4 Å². The van der Waals surface area contributed by atoms with E-state index in [4.69, 9.17) is 4.42 Å². The first-order chi connectivity index (χ1) is 10.3. The first kappa shape index (κ1) is 12.1. The van der Waals surface area contributed by atoms with E-state index >= 15 is 0 Å². The van der Waals surface area contributed by atoms with Crippen LogP contribution in [0.15, 0.2) is 35.0 Å². The molecule has 0 amide bonds. The summed E-state index contributed by atoms with van der Waals surface area (Å²) < 4.78 is 5.84. The number of anilines is 1. The Morgan fingerprint density at radius 3 is 3.05 bits per heavy atom. The van der Waals surface area contributed by atoms with Crippen LogP contribution < -0.4 is 10.0 Å². The number of carboxylic acids is 1. The Balaban J connectivity index is 1.95. The Labute approximate surface area is 120 Å². The van der Waals surface area contributed by atoms with E-state index in [2.05, 4.69) is 9.97 Å². The fourth-order valence-corrected chi connectivity index (χ4v) is 2.98. The molecule has 1 fully saturated rings. The molecule has 4 rings (SSSR count). The van der Waals surface area contributed by atoms with Crippen LogP contribution in [-0.4, -0.2) is 28.5 Å². The van der Waals surface area contributed by atoms with Gasteiger partial charge in [-0.2, -0.15) is 0 Å². The van der Waals surface area contributed by atoms with Crippen molar-refractivity contribution in [3.8, 4) is 0 Å². The van der Waals surface area contributed by atoms with Gasteiger partial charge in [0.1, 0.15) is 17.4 Å². The van der Waals surface area contributed by atoms with E-state index in [9.17, 15) is 9.90 Å². The number of fused-ring (bicyclic) bond motifs is 3. The molecular formula is C15H12N3O3-. The predicted molar refractivity (Wildman–Crippen MR) is 74.7 cm³/mol. The second kappa shape index (κ2) is 4.44. The number of hydrogen-bond donors (Lipinski definition) is 0. The van der Waals surface area contributed by atoms with E-state index < -0.39 is 12.0 Å². The zero-order chi connectivity index (χ0) is 14.4. The van der Waals surface area contributed by atoms with Crippen LogP contribution in [0.5, 0.6) is 0 Å². The van der Waals surface area contributed by atoms with E-state index in [1.165, 1.54) is 6.33 Å². The lowest BCUT2D eigenvalue weighted by Gasteiger charge is -2.25. The van der Waals surface area contributed by atoms with Gasteiger partial charge in [0.15, 0.2) is 11.4 Å². The standard InChI is InChI=1S/C15H13N3O3/c19-15(20)10-5-3-7-18(10)14-13-12(16-8-17-14)9-4-1-2-6-11(9)21-13/h1-2,4,6,8,10H,3,5,7H2,(H,19,20)/p-1/t10-/m0/s1. The molecule has 0 N–H and O–H groups in total. The quantitative estimate of drug-likeness (QED) is 0.700. The van der Waals surface area contributed by atoms with Gasteiger partial charge in [-0.1, -0.05) is 12.1 Å². The summed E-state index contributed by atoms with van der Waals surface area (Å²) in [5.41, 5.74) is 1.96. The molecule has 3 heterocycles. The molecule has 106 valence electrons. The SMILES string of the molecule is O=C([O-])[C@@H]1CCCN1c1ncnc2c1oc1ccccc12. The van der Waals surface area contributed by atoms with E-state index in [1.54, 1.807) is 4.90 Å². The number of para-hydroxylation sites is 1. The minimum Gasteiger partial charge on any atom is -0.548 e. The van der Waals surface area contributed by atoms with Crippen LogP contribution in [0.4, 0.5) is 5.82 Å². The predicted octanol–water partition coefficient (Wildman–Crippen LogP) is 1.09. The zero-order valence-corrected chi connectivity index (χ0v) is 11.2. The summed E-state index contributed by atoms with van der Waals surface area (Å²) in [4.78, 5) is 21.5. The third kappa shape index (κ3) is 1.75. The van der Waals surface area contributed by atoms with Gasteiger partial charge < -0.3 is 19.2 Å². The lowest BCUT2D eigenvalue weighted by Crippen LogP contribution is -2.44. The molecule has 1 saturated heterocycles. The second-order valence-electron chi connectivity index (χ2n) is 5.14. The molecule has 3 aromatic rings. The molecule has 21 heavy (non-hydrogen) atoms. The Bertz CT molecular complexity index is 842. The Kier molecular flexibility index (Phi) is 2.57. The van der Waals surface area contributed by atoms with Crippen molar-refractivity contribution in [3.05, 3.63) is 30.6 Å². The molecule has 6 nitrogen and oxygen atoms in total. The Morgan fingerprint density at radius 1 is 1.33 bits per heavy atom. The largest absolute Gasteiger partial charge is 0.548 e. The molecule has 0 saturated carbocycles. The molecule has 0 unspecified atom stereocenters. The Hall–Kier alpha value is -2.63. The van der Waals surface area contributed by atoms with Gasteiger partial charge >= 0.3 is 0 Å². The fraction of sp³-hybridized carbons (Fsp3) is 0.267. The molecule has 6 heteroatoms. The highest BCUT2D eigenvalue weighted by Gasteiger charge is 2.29.